The van der Waals surface area contributed by atoms with Crippen molar-refractivity contribution < 1.29 is 9.59 Å². The van der Waals surface area contributed by atoms with Crippen LogP contribution in [0.15, 0.2) is 77.7 Å². The molecule has 1 saturated carbocycles. The topological polar surface area (TPSA) is 37.4 Å². The molecule has 3 aliphatic rings. The van der Waals surface area contributed by atoms with Crippen molar-refractivity contribution in [2.24, 2.45) is 0 Å². The molecule has 5 heteroatoms. The van der Waals surface area contributed by atoms with E-state index in [0.717, 1.165) is 3.58 Å². The fourth-order valence-electron chi connectivity index (χ4n) is 6.02. The monoisotopic (exact) mass is 577 g/mol. The Morgan fingerprint density at radius 3 is 2.18 bits per heavy atom. The van der Waals surface area contributed by atoms with Gasteiger partial charge in [-0.3, -0.25) is 0 Å². The van der Waals surface area contributed by atoms with E-state index in [-0.39, 0.29) is 17.0 Å². The first-order valence-electron chi connectivity index (χ1n) is 11.6. The number of Topliss-reactive ketones (excluding diaryl/α,β-unsaturated/α-hetero) is 2. The Kier molecular flexibility index (Phi) is 4.64. The molecule has 1 aliphatic heterocycles. The van der Waals surface area contributed by atoms with Gasteiger partial charge in [-0.15, -0.1) is 0 Å². The van der Waals surface area contributed by atoms with Crippen molar-refractivity contribution in [3.05, 3.63) is 103 Å². The SMILES string of the molecule is O=C1/C(=C\c2ccc(N3c4ccccc4C4(CCCC4)c4ccccc43)[te]2)C(=O)c2sccc21. The average Bonchev–Trinajstić information content (AvgIpc) is 3.66. The van der Waals surface area contributed by atoms with Crippen molar-refractivity contribution in [1.82, 2.24) is 0 Å². The second-order valence-corrected chi connectivity index (χ2v) is 13.3. The number of nitrogens with zero attached hydrogens (tertiary/aromatic N) is 1. The molecule has 7 rings (SSSR count). The molecule has 0 atom stereocenters. The minimum atomic E-state index is -0.764. The number of thiophene rings is 1. The fourth-order valence-corrected chi connectivity index (χ4v) is 9.66. The molecule has 0 bridgehead atoms. The van der Waals surface area contributed by atoms with Gasteiger partial charge in [-0.05, 0) is 0 Å². The van der Waals surface area contributed by atoms with E-state index >= 15 is 0 Å². The molecule has 0 saturated heterocycles. The third kappa shape index (κ3) is 2.81. The maximum atomic E-state index is 12.8. The fraction of sp³-hybridized carbons (Fsp3) is 0.172. The normalized spacial score (nSPS) is 19.1. The quantitative estimate of drug-likeness (QED) is 0.148. The summed E-state index contributed by atoms with van der Waals surface area (Å²) in [5.41, 5.74) is 6.47. The zero-order chi connectivity index (χ0) is 22.9. The number of para-hydroxylation sites is 2. The first-order chi connectivity index (χ1) is 16.7. The number of benzene rings is 2. The van der Waals surface area contributed by atoms with Crippen LogP contribution in [0.25, 0.3) is 6.08 Å². The first-order valence-corrected chi connectivity index (χ1v) is 14.9. The number of hydrogen-bond acceptors (Lipinski definition) is 4. The molecule has 4 aromatic rings. The van der Waals surface area contributed by atoms with Crippen LogP contribution in [-0.2, 0) is 5.41 Å². The van der Waals surface area contributed by atoms with Crippen LogP contribution in [0.4, 0.5) is 15.1 Å². The van der Waals surface area contributed by atoms with E-state index < -0.39 is 20.4 Å². The summed E-state index contributed by atoms with van der Waals surface area (Å²) in [5.74, 6) is -0.242. The summed E-state index contributed by atoms with van der Waals surface area (Å²) in [6, 6.07) is 23.9. The van der Waals surface area contributed by atoms with E-state index in [1.165, 1.54) is 63.2 Å². The number of hydrogen-bond donors (Lipinski definition) is 0. The van der Waals surface area contributed by atoms with Crippen LogP contribution in [0.1, 0.15) is 60.4 Å². The molecule has 1 spiro atoms. The molecule has 0 amide bonds. The van der Waals surface area contributed by atoms with Gasteiger partial charge in [0.15, 0.2) is 0 Å². The van der Waals surface area contributed by atoms with Crippen LogP contribution in [0.2, 0.25) is 0 Å². The van der Waals surface area contributed by atoms with Crippen LogP contribution < -0.4 is 4.90 Å². The Bertz CT molecular complexity index is 1440. The van der Waals surface area contributed by atoms with E-state index in [1.54, 1.807) is 6.07 Å². The molecule has 34 heavy (non-hydrogen) atoms. The number of ketones is 2. The number of anilines is 3. The first kappa shape index (κ1) is 20.6. The van der Waals surface area contributed by atoms with Gasteiger partial charge < -0.3 is 0 Å². The van der Waals surface area contributed by atoms with Crippen LogP contribution in [-0.4, -0.2) is 32.0 Å². The summed E-state index contributed by atoms with van der Waals surface area (Å²) in [5, 5.41) is 1.82. The molecular formula is C29H21NO2STe. The van der Waals surface area contributed by atoms with Gasteiger partial charge in [0.25, 0.3) is 0 Å². The van der Waals surface area contributed by atoms with Gasteiger partial charge in [0, 0.05) is 0 Å². The molecule has 2 aliphatic carbocycles. The maximum absolute atomic E-state index is 12.8. The average molecular weight is 575 g/mol. The standard InChI is InChI=1S/C29H21NO2STe/c31-26-19-13-16-33-28(19)27(32)20(26)17-18-11-12-25(34-18)30-23-9-3-1-7-21(23)29(14-5-6-15-29)22-8-2-4-10-24(22)30/h1-4,7-13,16-17H,5-6,14-15H2/b20-17+. The number of rotatable bonds is 2. The van der Waals surface area contributed by atoms with E-state index in [9.17, 15) is 9.59 Å². The van der Waals surface area contributed by atoms with Crippen molar-refractivity contribution >= 4 is 64.5 Å². The second-order valence-electron chi connectivity index (χ2n) is 9.21. The third-order valence-corrected chi connectivity index (χ3v) is 11.3. The van der Waals surface area contributed by atoms with Gasteiger partial charge in [-0.2, -0.15) is 0 Å². The van der Waals surface area contributed by atoms with Crippen molar-refractivity contribution in [1.29, 1.82) is 0 Å². The molecule has 1 fully saturated rings. The van der Waals surface area contributed by atoms with Crippen LogP contribution >= 0.6 is 11.3 Å². The van der Waals surface area contributed by atoms with Gasteiger partial charge in [0.05, 0.1) is 0 Å². The number of carbonyl (C=O) groups is 2. The third-order valence-electron chi connectivity index (χ3n) is 7.50. The molecule has 0 radical (unpaired) electrons. The van der Waals surface area contributed by atoms with Crippen LogP contribution in [0.3, 0.4) is 0 Å². The Morgan fingerprint density at radius 1 is 0.824 bits per heavy atom. The Hall–Kier alpha value is -2.71. The second kappa shape index (κ2) is 7.65. The zero-order valence-corrected chi connectivity index (χ0v) is 21.6. The van der Waals surface area contributed by atoms with Gasteiger partial charge in [0.2, 0.25) is 0 Å². The van der Waals surface area contributed by atoms with Crippen molar-refractivity contribution in [3.63, 3.8) is 0 Å². The van der Waals surface area contributed by atoms with Gasteiger partial charge >= 0.3 is 213 Å². The van der Waals surface area contributed by atoms with E-state index in [2.05, 4.69) is 65.6 Å². The van der Waals surface area contributed by atoms with E-state index in [4.69, 9.17) is 0 Å². The zero-order valence-electron chi connectivity index (χ0n) is 18.4. The molecule has 3 heterocycles. The molecule has 2 aromatic heterocycles. The summed E-state index contributed by atoms with van der Waals surface area (Å²) < 4.78 is 2.43. The summed E-state index contributed by atoms with van der Waals surface area (Å²) in [6.45, 7) is 0. The van der Waals surface area contributed by atoms with Gasteiger partial charge in [-0.25, -0.2) is 0 Å². The summed E-state index contributed by atoms with van der Waals surface area (Å²) in [7, 11) is 0. The molecule has 2 aromatic carbocycles. The molecule has 3 nitrogen and oxygen atoms in total. The summed E-state index contributed by atoms with van der Waals surface area (Å²) >= 11 is 0.598. The predicted octanol–water partition coefficient (Wildman–Crippen LogP) is 6.91. The number of carbonyl (C=O) groups excluding carboxylic acids is 2. The molecule has 166 valence electrons. The van der Waals surface area contributed by atoms with Crippen molar-refractivity contribution in [2.45, 2.75) is 31.1 Å². The minimum absolute atomic E-state index is 0.113. The Labute approximate surface area is 212 Å². The van der Waals surface area contributed by atoms with Gasteiger partial charge in [-0.1, -0.05) is 0 Å². The van der Waals surface area contributed by atoms with Crippen LogP contribution in [0.5, 0.6) is 0 Å². The number of fused-ring (bicyclic) bond motifs is 5. The summed E-state index contributed by atoms with van der Waals surface area (Å²) in [4.78, 5) is 28.6. The van der Waals surface area contributed by atoms with Gasteiger partial charge in [0.1, 0.15) is 0 Å². The van der Waals surface area contributed by atoms with Crippen molar-refractivity contribution in [2.75, 3.05) is 4.90 Å². The van der Waals surface area contributed by atoms with Crippen molar-refractivity contribution in [3.8, 4) is 0 Å². The number of allylic oxidation sites excluding steroid dienone is 1. The molecule has 0 N–H and O–H groups in total. The molecule has 0 unspecified atom stereocenters. The Balaban J connectivity index is 1.35. The summed E-state index contributed by atoms with van der Waals surface area (Å²) in [6.07, 6.45) is 6.81. The predicted molar refractivity (Wildman–Crippen MR) is 138 cm³/mol. The van der Waals surface area contributed by atoms with Crippen LogP contribution in [0, 0.1) is 0 Å². The molecular weight excluding hydrogens is 554 g/mol. The van der Waals surface area contributed by atoms with E-state index in [1.807, 2.05) is 11.5 Å². The Morgan fingerprint density at radius 2 is 1.50 bits per heavy atom. The van der Waals surface area contributed by atoms with E-state index in [0.29, 0.717) is 16.0 Å².